The summed E-state index contributed by atoms with van der Waals surface area (Å²) in [5.41, 5.74) is 1.63. The van der Waals surface area contributed by atoms with Crippen LogP contribution in [0.2, 0.25) is 0 Å². The summed E-state index contributed by atoms with van der Waals surface area (Å²) in [4.78, 5) is 39.3. The van der Waals surface area contributed by atoms with E-state index >= 15 is 0 Å². The van der Waals surface area contributed by atoms with Crippen LogP contribution < -0.4 is 10.9 Å². The van der Waals surface area contributed by atoms with E-state index in [2.05, 4.69) is 15.5 Å². The maximum absolute atomic E-state index is 13.0. The molecule has 2 aromatic heterocycles. The van der Waals surface area contributed by atoms with E-state index in [-0.39, 0.29) is 29.2 Å². The maximum Gasteiger partial charge on any atom is 0.251 e. The van der Waals surface area contributed by atoms with Crippen LogP contribution in [0.3, 0.4) is 0 Å². The lowest BCUT2D eigenvalue weighted by atomic mass is 9.78. The molecule has 8 nitrogen and oxygen atoms in total. The molecule has 8 heteroatoms. The minimum absolute atomic E-state index is 0.00910. The first-order chi connectivity index (χ1) is 13.0. The number of hydrogen-bond donors (Lipinski definition) is 2. The number of piperidine rings is 1. The molecule has 3 atom stereocenters. The number of aromatic nitrogens is 3. The first-order valence-electron chi connectivity index (χ1n) is 9.27. The summed E-state index contributed by atoms with van der Waals surface area (Å²) in [6.07, 6.45) is 3.13. The lowest BCUT2D eigenvalue weighted by Gasteiger charge is -2.46. The summed E-state index contributed by atoms with van der Waals surface area (Å²) in [6.45, 7) is 3.12. The lowest BCUT2D eigenvalue weighted by Crippen LogP contribution is -2.54. The number of carbonyl (C=O) groups excluding carboxylic acids is 2. The zero-order valence-electron chi connectivity index (χ0n) is 15.2. The molecule has 142 valence electrons. The Hall–Kier alpha value is -2.90. The molecule has 2 aromatic rings. The lowest BCUT2D eigenvalue weighted by molar-refractivity contribution is -0.135. The van der Waals surface area contributed by atoms with Crippen molar-refractivity contribution in [3.8, 4) is 0 Å². The van der Waals surface area contributed by atoms with Crippen molar-refractivity contribution in [2.24, 2.45) is 5.92 Å². The van der Waals surface area contributed by atoms with Gasteiger partial charge in [0.1, 0.15) is 6.04 Å². The van der Waals surface area contributed by atoms with Crippen LogP contribution in [0.4, 0.5) is 0 Å². The summed E-state index contributed by atoms with van der Waals surface area (Å²) in [6, 6.07) is 6.40. The molecule has 2 N–H and O–H groups in total. The van der Waals surface area contributed by atoms with Crippen LogP contribution in [0.25, 0.3) is 0 Å². The summed E-state index contributed by atoms with van der Waals surface area (Å²) in [7, 11) is 0. The van der Waals surface area contributed by atoms with Gasteiger partial charge in [-0.2, -0.15) is 5.10 Å². The highest BCUT2D eigenvalue weighted by molar-refractivity contribution is 5.81. The molecule has 0 radical (unpaired) electrons. The number of likely N-dealkylation sites (tertiary alicyclic amines) is 1. The van der Waals surface area contributed by atoms with Crippen LogP contribution in [0.1, 0.15) is 36.7 Å². The number of fused-ring (bicyclic) bond motifs is 4. The summed E-state index contributed by atoms with van der Waals surface area (Å²) < 4.78 is 1.64. The minimum Gasteiger partial charge on any atom is -0.354 e. The molecule has 0 spiro atoms. The first-order valence-corrected chi connectivity index (χ1v) is 9.27. The fourth-order valence-corrected chi connectivity index (χ4v) is 4.38. The number of carbonyl (C=O) groups is 2. The highest BCUT2D eigenvalue weighted by atomic mass is 16.2. The topological polar surface area (TPSA) is 100 Å². The number of aromatic amines is 1. The third kappa shape index (κ3) is 3.27. The van der Waals surface area contributed by atoms with Crippen molar-refractivity contribution in [3.63, 3.8) is 0 Å². The first kappa shape index (κ1) is 17.5. The van der Waals surface area contributed by atoms with Crippen molar-refractivity contribution in [2.75, 3.05) is 19.6 Å². The third-order valence-electron chi connectivity index (χ3n) is 5.61. The molecular formula is C19H23N5O3. The Labute approximate surface area is 156 Å². The average molecular weight is 369 g/mol. The number of nitrogens with zero attached hydrogens (tertiary/aromatic N) is 3. The molecule has 0 unspecified atom stereocenters. The van der Waals surface area contributed by atoms with Gasteiger partial charge in [-0.05, 0) is 18.6 Å². The van der Waals surface area contributed by atoms with Crippen molar-refractivity contribution in [1.29, 1.82) is 0 Å². The van der Waals surface area contributed by atoms with Crippen LogP contribution >= 0.6 is 0 Å². The largest absolute Gasteiger partial charge is 0.354 e. The van der Waals surface area contributed by atoms with E-state index in [1.54, 1.807) is 28.7 Å². The monoisotopic (exact) mass is 369 g/mol. The summed E-state index contributed by atoms with van der Waals surface area (Å²) in [5, 5.41) is 9.72. The standard InChI is InChI=1S/C19H23N5O3/c1-12(25)23-10-13-9-14(11-23)18(24-16(13)3-2-4-17(24)26)19(27)20-7-5-15-6-8-21-22-15/h2-4,6,8,13-14,18H,5,7,9-11H2,1H3,(H,20,27)(H,21,22)/t13-,14+,18-/m1/s1. The zero-order valence-corrected chi connectivity index (χ0v) is 15.2. The minimum atomic E-state index is -0.589. The second-order valence-corrected chi connectivity index (χ2v) is 7.34. The van der Waals surface area contributed by atoms with Crippen molar-refractivity contribution in [2.45, 2.75) is 31.7 Å². The second-order valence-electron chi connectivity index (χ2n) is 7.34. The van der Waals surface area contributed by atoms with E-state index in [9.17, 15) is 14.4 Å². The van der Waals surface area contributed by atoms with E-state index in [0.717, 1.165) is 17.8 Å². The Kier molecular flexibility index (Phi) is 4.55. The normalized spacial score (nSPS) is 23.6. The van der Waals surface area contributed by atoms with Gasteiger partial charge in [0, 0.05) is 68.5 Å². The highest BCUT2D eigenvalue weighted by Crippen LogP contribution is 2.41. The SMILES string of the molecule is CC(=O)N1C[C@H]2C[C@@H](C1)[C@H](C(=O)NCCc1ccn[nH]1)n1c2cccc1=O. The molecule has 0 aromatic carbocycles. The van der Waals surface area contributed by atoms with E-state index in [1.807, 2.05) is 12.1 Å². The van der Waals surface area contributed by atoms with Crippen molar-refractivity contribution in [3.05, 3.63) is 52.2 Å². The molecule has 2 bridgehead atoms. The van der Waals surface area contributed by atoms with Crippen molar-refractivity contribution < 1.29 is 9.59 Å². The van der Waals surface area contributed by atoms with Crippen LogP contribution in [0.15, 0.2) is 35.3 Å². The van der Waals surface area contributed by atoms with E-state index in [1.165, 1.54) is 6.07 Å². The number of hydrogen-bond acceptors (Lipinski definition) is 4. The van der Waals surface area contributed by atoms with Crippen LogP contribution in [0, 0.1) is 5.92 Å². The Morgan fingerprint density at radius 2 is 2.15 bits per heavy atom. The van der Waals surface area contributed by atoms with Gasteiger partial charge in [0.25, 0.3) is 5.56 Å². The van der Waals surface area contributed by atoms with Gasteiger partial charge in [0.15, 0.2) is 0 Å². The maximum atomic E-state index is 13.0. The molecule has 1 saturated heterocycles. The molecule has 0 aliphatic carbocycles. The number of H-pyrrole nitrogens is 1. The van der Waals surface area contributed by atoms with Gasteiger partial charge in [-0.3, -0.25) is 24.0 Å². The second kappa shape index (κ2) is 7.02. The Bertz CT molecular complexity index is 904. The van der Waals surface area contributed by atoms with E-state index in [4.69, 9.17) is 0 Å². The average Bonchev–Trinajstić information content (AvgIpc) is 3.16. The number of rotatable bonds is 4. The fraction of sp³-hybridized carbons (Fsp3) is 0.474. The number of nitrogens with one attached hydrogen (secondary N) is 2. The predicted octanol–water partition coefficient (Wildman–Crippen LogP) is 0.437. The Balaban J connectivity index is 1.60. The van der Waals surface area contributed by atoms with Crippen molar-refractivity contribution >= 4 is 11.8 Å². The van der Waals surface area contributed by atoms with Gasteiger partial charge in [-0.15, -0.1) is 0 Å². The highest BCUT2D eigenvalue weighted by Gasteiger charge is 2.44. The quantitative estimate of drug-likeness (QED) is 0.817. The fourth-order valence-electron chi connectivity index (χ4n) is 4.38. The molecule has 4 heterocycles. The van der Waals surface area contributed by atoms with Crippen molar-refractivity contribution in [1.82, 2.24) is 25.0 Å². The Morgan fingerprint density at radius 1 is 1.30 bits per heavy atom. The van der Waals surface area contributed by atoms with Gasteiger partial charge in [0.05, 0.1) is 0 Å². The Morgan fingerprint density at radius 3 is 2.89 bits per heavy atom. The van der Waals surface area contributed by atoms with E-state index in [0.29, 0.717) is 26.1 Å². The van der Waals surface area contributed by atoms with Gasteiger partial charge in [0.2, 0.25) is 11.8 Å². The molecule has 2 amide bonds. The predicted molar refractivity (Wildman–Crippen MR) is 98.1 cm³/mol. The van der Waals surface area contributed by atoms with Gasteiger partial charge < -0.3 is 10.2 Å². The molecule has 0 saturated carbocycles. The molecule has 2 aliphatic heterocycles. The summed E-state index contributed by atoms with van der Waals surface area (Å²) >= 11 is 0. The van der Waals surface area contributed by atoms with E-state index < -0.39 is 6.04 Å². The molecule has 1 fully saturated rings. The van der Waals surface area contributed by atoms with Crippen LogP contribution in [-0.4, -0.2) is 51.1 Å². The van der Waals surface area contributed by atoms with Gasteiger partial charge in [-0.25, -0.2) is 0 Å². The third-order valence-corrected chi connectivity index (χ3v) is 5.61. The molecule has 4 rings (SSSR count). The molecule has 27 heavy (non-hydrogen) atoms. The molecule has 2 aliphatic rings. The van der Waals surface area contributed by atoms with Crippen LogP contribution in [-0.2, 0) is 16.0 Å². The molecular weight excluding hydrogens is 346 g/mol. The number of pyridine rings is 1. The van der Waals surface area contributed by atoms with Crippen LogP contribution in [0.5, 0.6) is 0 Å². The van der Waals surface area contributed by atoms with Gasteiger partial charge >= 0.3 is 0 Å². The zero-order chi connectivity index (χ0) is 19.0. The number of amides is 2. The van der Waals surface area contributed by atoms with Gasteiger partial charge in [-0.1, -0.05) is 6.07 Å². The summed E-state index contributed by atoms with van der Waals surface area (Å²) in [5.74, 6) is -0.129. The smallest absolute Gasteiger partial charge is 0.251 e.